The van der Waals surface area contributed by atoms with Crippen LogP contribution >= 0.6 is 0 Å². The summed E-state index contributed by atoms with van der Waals surface area (Å²) in [7, 11) is 2.53. The number of carbonyl (C=O) groups excluding carboxylic acids is 3. The number of hydrogen-bond acceptors (Lipinski definition) is 5. The van der Waals surface area contributed by atoms with E-state index in [-0.39, 0.29) is 18.7 Å². The van der Waals surface area contributed by atoms with Crippen LogP contribution in [0.15, 0.2) is 30.3 Å². The molecule has 1 aromatic carbocycles. The maximum absolute atomic E-state index is 12.0. The molecule has 23 heavy (non-hydrogen) atoms. The first-order valence-corrected chi connectivity index (χ1v) is 7.46. The van der Waals surface area contributed by atoms with Crippen LogP contribution in [0.4, 0.5) is 0 Å². The number of rotatable bonds is 8. The Morgan fingerprint density at radius 1 is 1.04 bits per heavy atom. The number of aryl methyl sites for hydroxylation is 1. The zero-order valence-electron chi connectivity index (χ0n) is 13.7. The third-order valence-corrected chi connectivity index (χ3v) is 3.50. The first-order valence-electron chi connectivity index (χ1n) is 7.46. The van der Waals surface area contributed by atoms with Gasteiger partial charge >= 0.3 is 11.9 Å². The quantitative estimate of drug-likeness (QED) is 0.733. The van der Waals surface area contributed by atoms with Crippen LogP contribution in [0.25, 0.3) is 0 Å². The van der Waals surface area contributed by atoms with E-state index in [2.05, 4.69) is 14.8 Å². The van der Waals surface area contributed by atoms with Gasteiger partial charge in [-0.05, 0) is 18.4 Å². The van der Waals surface area contributed by atoms with Crippen molar-refractivity contribution in [2.45, 2.75) is 32.2 Å². The van der Waals surface area contributed by atoms with E-state index in [1.165, 1.54) is 14.2 Å². The Morgan fingerprint density at radius 3 is 2.22 bits per heavy atom. The summed E-state index contributed by atoms with van der Waals surface area (Å²) < 4.78 is 9.32. The lowest BCUT2D eigenvalue weighted by Gasteiger charge is -2.19. The van der Waals surface area contributed by atoms with E-state index >= 15 is 0 Å². The Bertz CT molecular complexity index is 529. The molecule has 1 rings (SSSR count). The second-order valence-corrected chi connectivity index (χ2v) is 5.29. The number of methoxy groups -OCH3 is 2. The van der Waals surface area contributed by atoms with Crippen molar-refractivity contribution in [3.05, 3.63) is 35.9 Å². The zero-order chi connectivity index (χ0) is 17.2. The average molecular weight is 321 g/mol. The Labute approximate surface area is 136 Å². The van der Waals surface area contributed by atoms with Crippen molar-refractivity contribution in [1.82, 2.24) is 5.32 Å². The summed E-state index contributed by atoms with van der Waals surface area (Å²) in [6.07, 6.45) is 0.966. The molecule has 0 unspecified atom stereocenters. The second kappa shape index (κ2) is 9.61. The highest BCUT2D eigenvalue weighted by Gasteiger charge is 2.27. The van der Waals surface area contributed by atoms with Crippen LogP contribution in [0.3, 0.4) is 0 Å². The third kappa shape index (κ3) is 6.50. The number of hydrogen-bond donors (Lipinski definition) is 1. The summed E-state index contributed by atoms with van der Waals surface area (Å²) in [6.45, 7) is 1.64. The van der Waals surface area contributed by atoms with Gasteiger partial charge in [0.15, 0.2) is 0 Å². The lowest BCUT2D eigenvalue weighted by molar-refractivity contribution is -0.148. The number of ether oxygens (including phenoxy) is 2. The summed E-state index contributed by atoms with van der Waals surface area (Å²) in [5.74, 6) is -1.79. The van der Waals surface area contributed by atoms with E-state index in [1.807, 2.05) is 30.3 Å². The summed E-state index contributed by atoms with van der Waals surface area (Å²) in [4.78, 5) is 35.3. The Morgan fingerprint density at radius 2 is 1.65 bits per heavy atom. The number of esters is 2. The maximum Gasteiger partial charge on any atom is 0.328 e. The van der Waals surface area contributed by atoms with Gasteiger partial charge in [0, 0.05) is 6.42 Å². The third-order valence-electron chi connectivity index (χ3n) is 3.50. The number of nitrogens with one attached hydrogen (secondary N) is 1. The highest BCUT2D eigenvalue weighted by Crippen LogP contribution is 2.10. The fourth-order valence-electron chi connectivity index (χ4n) is 2.18. The van der Waals surface area contributed by atoms with Crippen LogP contribution in [-0.2, 0) is 30.3 Å². The fraction of sp³-hybridized carbons (Fsp3) is 0.471. The van der Waals surface area contributed by atoms with E-state index in [0.29, 0.717) is 6.42 Å². The largest absolute Gasteiger partial charge is 0.469 e. The summed E-state index contributed by atoms with van der Waals surface area (Å²) in [5.41, 5.74) is 1.04. The summed E-state index contributed by atoms with van der Waals surface area (Å²) >= 11 is 0. The first-order chi connectivity index (χ1) is 11.0. The van der Waals surface area contributed by atoms with Crippen LogP contribution in [0, 0.1) is 5.92 Å². The molecule has 0 saturated carbocycles. The molecular formula is C17H23NO5. The van der Waals surface area contributed by atoms with Crippen molar-refractivity contribution in [2.75, 3.05) is 14.2 Å². The van der Waals surface area contributed by atoms with Gasteiger partial charge in [-0.2, -0.15) is 0 Å². The maximum atomic E-state index is 12.0. The highest BCUT2D eigenvalue weighted by molar-refractivity contribution is 5.85. The zero-order valence-corrected chi connectivity index (χ0v) is 13.7. The normalized spacial score (nSPS) is 12.8. The van der Waals surface area contributed by atoms with E-state index in [9.17, 15) is 14.4 Å². The van der Waals surface area contributed by atoms with Crippen LogP contribution in [-0.4, -0.2) is 38.1 Å². The molecule has 0 radical (unpaired) electrons. The Balaban J connectivity index is 2.57. The predicted molar refractivity (Wildman–Crippen MR) is 84.5 cm³/mol. The standard InChI is InChI=1S/C17H23NO5/c1-12(16(20)22-2)11-14(17(21)23-3)18-15(19)10-9-13-7-5-4-6-8-13/h4-8,12,14H,9-11H2,1-3H3,(H,18,19)/t12-,14-/m0/s1. The van der Waals surface area contributed by atoms with Gasteiger partial charge in [0.25, 0.3) is 0 Å². The molecule has 0 aromatic heterocycles. The van der Waals surface area contributed by atoms with Gasteiger partial charge in [0.05, 0.1) is 20.1 Å². The van der Waals surface area contributed by atoms with Gasteiger partial charge in [-0.1, -0.05) is 37.3 Å². The lowest BCUT2D eigenvalue weighted by Crippen LogP contribution is -2.43. The number of carbonyl (C=O) groups is 3. The van der Waals surface area contributed by atoms with Gasteiger partial charge < -0.3 is 14.8 Å². The average Bonchev–Trinajstić information content (AvgIpc) is 2.58. The van der Waals surface area contributed by atoms with Crippen LogP contribution < -0.4 is 5.32 Å². The molecule has 0 aliphatic rings. The molecular weight excluding hydrogens is 298 g/mol. The van der Waals surface area contributed by atoms with Crippen molar-refractivity contribution >= 4 is 17.8 Å². The van der Waals surface area contributed by atoms with E-state index in [4.69, 9.17) is 0 Å². The van der Waals surface area contributed by atoms with Crippen molar-refractivity contribution in [3.8, 4) is 0 Å². The SMILES string of the molecule is COC(=O)[C@H](C[C@H](C)C(=O)OC)NC(=O)CCc1ccccc1. The van der Waals surface area contributed by atoms with Gasteiger partial charge in [-0.15, -0.1) is 0 Å². The molecule has 6 nitrogen and oxygen atoms in total. The van der Waals surface area contributed by atoms with Crippen molar-refractivity contribution in [3.63, 3.8) is 0 Å². The van der Waals surface area contributed by atoms with E-state index in [0.717, 1.165) is 5.56 Å². The first kappa shape index (κ1) is 18.7. The van der Waals surface area contributed by atoms with Gasteiger partial charge in [-0.3, -0.25) is 9.59 Å². The Kier molecular flexibility index (Phi) is 7.80. The molecule has 6 heteroatoms. The number of benzene rings is 1. The topological polar surface area (TPSA) is 81.7 Å². The summed E-state index contributed by atoms with van der Waals surface area (Å²) in [6, 6.07) is 8.72. The van der Waals surface area contributed by atoms with Gasteiger partial charge in [0.1, 0.15) is 6.04 Å². The van der Waals surface area contributed by atoms with Gasteiger partial charge in [-0.25, -0.2) is 4.79 Å². The Hall–Kier alpha value is -2.37. The lowest BCUT2D eigenvalue weighted by atomic mass is 10.0. The van der Waals surface area contributed by atoms with Gasteiger partial charge in [0.2, 0.25) is 5.91 Å². The minimum atomic E-state index is -0.864. The van der Waals surface area contributed by atoms with Crippen LogP contribution in [0.5, 0.6) is 0 Å². The highest BCUT2D eigenvalue weighted by atomic mass is 16.5. The minimum Gasteiger partial charge on any atom is -0.469 e. The molecule has 0 saturated heterocycles. The number of amides is 1. The molecule has 0 heterocycles. The van der Waals surface area contributed by atoms with Crippen LogP contribution in [0.1, 0.15) is 25.3 Å². The molecule has 1 aromatic rings. The van der Waals surface area contributed by atoms with E-state index < -0.39 is 23.9 Å². The molecule has 2 atom stereocenters. The monoisotopic (exact) mass is 321 g/mol. The second-order valence-electron chi connectivity index (χ2n) is 5.29. The fourth-order valence-corrected chi connectivity index (χ4v) is 2.18. The molecule has 0 fully saturated rings. The van der Waals surface area contributed by atoms with E-state index in [1.54, 1.807) is 6.92 Å². The molecule has 0 aliphatic carbocycles. The molecule has 0 aliphatic heterocycles. The van der Waals surface area contributed by atoms with Crippen LogP contribution in [0.2, 0.25) is 0 Å². The molecule has 1 amide bonds. The summed E-state index contributed by atoms with van der Waals surface area (Å²) in [5, 5.41) is 2.63. The van der Waals surface area contributed by atoms with Crippen molar-refractivity contribution < 1.29 is 23.9 Å². The molecule has 1 N–H and O–H groups in total. The predicted octanol–water partition coefficient (Wildman–Crippen LogP) is 1.48. The van der Waals surface area contributed by atoms with Crippen molar-refractivity contribution in [1.29, 1.82) is 0 Å². The minimum absolute atomic E-state index is 0.135. The smallest absolute Gasteiger partial charge is 0.328 e. The van der Waals surface area contributed by atoms with Crippen molar-refractivity contribution in [2.24, 2.45) is 5.92 Å². The molecule has 0 bridgehead atoms. The molecule has 0 spiro atoms. The molecule has 126 valence electrons.